The molecule has 2 heterocycles. The molecule has 0 aliphatic rings. The summed E-state index contributed by atoms with van der Waals surface area (Å²) in [5.74, 6) is -0.834. The van der Waals surface area contributed by atoms with Gasteiger partial charge in [0.25, 0.3) is 5.91 Å². The number of benzene rings is 1. The highest BCUT2D eigenvalue weighted by atomic mass is 32.1. The molecule has 0 radical (unpaired) electrons. The van der Waals surface area contributed by atoms with Crippen molar-refractivity contribution in [3.05, 3.63) is 76.8 Å². The van der Waals surface area contributed by atoms with Gasteiger partial charge >= 0.3 is 0 Å². The second-order valence-corrected chi connectivity index (χ2v) is 6.60. The monoisotopic (exact) mass is 384 g/mol. The van der Waals surface area contributed by atoms with E-state index in [1.54, 1.807) is 17.8 Å². The Morgan fingerprint density at radius 2 is 1.96 bits per heavy atom. The third-order valence-electron chi connectivity index (χ3n) is 3.70. The Balaban J connectivity index is 1.45. The highest BCUT2D eigenvalue weighted by Crippen LogP contribution is 2.17. The van der Waals surface area contributed by atoms with Gasteiger partial charge in [0.05, 0.1) is 5.69 Å². The van der Waals surface area contributed by atoms with Crippen molar-refractivity contribution in [2.24, 2.45) is 0 Å². The van der Waals surface area contributed by atoms with Gasteiger partial charge in [0.2, 0.25) is 5.91 Å². The molecule has 2 aromatic heterocycles. The first-order valence-corrected chi connectivity index (χ1v) is 9.15. The first kappa shape index (κ1) is 18.7. The summed E-state index contributed by atoms with van der Waals surface area (Å²) >= 11 is 1.28. The lowest BCUT2D eigenvalue weighted by atomic mass is 10.2. The molecular weight excluding hydrogens is 367 g/mol. The molecule has 2 amide bonds. The Hall–Kier alpha value is -3.13. The van der Waals surface area contributed by atoms with Gasteiger partial charge < -0.3 is 5.32 Å². The number of aryl methyl sites for hydroxylation is 1. The normalized spacial score (nSPS) is 10.4. The number of nitrogens with one attached hydrogen (secondary N) is 2. The van der Waals surface area contributed by atoms with E-state index in [2.05, 4.69) is 20.6 Å². The number of halogens is 1. The van der Waals surface area contributed by atoms with Crippen LogP contribution in [0.4, 0.5) is 9.52 Å². The van der Waals surface area contributed by atoms with Crippen molar-refractivity contribution in [2.75, 3.05) is 5.32 Å². The largest absolute Gasteiger partial charge is 0.352 e. The number of nitrogens with zero attached hydrogens (tertiary/aromatic N) is 2. The van der Waals surface area contributed by atoms with Crippen LogP contribution in [0.1, 0.15) is 28.0 Å². The molecule has 0 atom stereocenters. The second-order valence-electron chi connectivity index (χ2n) is 5.74. The molecule has 0 aliphatic heterocycles. The van der Waals surface area contributed by atoms with Gasteiger partial charge in [-0.1, -0.05) is 6.07 Å². The quantitative estimate of drug-likeness (QED) is 0.655. The third kappa shape index (κ3) is 5.68. The molecular formula is C19H17FN4O2S. The lowest BCUT2D eigenvalue weighted by molar-refractivity contribution is -0.121. The van der Waals surface area contributed by atoms with Gasteiger partial charge in [-0.2, -0.15) is 0 Å². The van der Waals surface area contributed by atoms with Gasteiger partial charge in [0.15, 0.2) is 5.13 Å². The first-order valence-electron chi connectivity index (χ1n) is 8.27. The van der Waals surface area contributed by atoms with Gasteiger partial charge in [-0.25, -0.2) is 9.37 Å². The zero-order valence-electron chi connectivity index (χ0n) is 14.3. The van der Waals surface area contributed by atoms with Crippen molar-refractivity contribution < 1.29 is 14.0 Å². The van der Waals surface area contributed by atoms with Crippen LogP contribution >= 0.6 is 11.3 Å². The standard InChI is InChI=1S/C19H17FN4O2S/c20-15-5-3-14(4-6-15)18(26)24-19-23-16(12-27-19)7-8-17(25)22-11-13-2-1-9-21-10-13/h1-6,9-10,12H,7-8,11H2,(H,22,25)(H,23,24,26). The van der Waals surface area contributed by atoms with Crippen molar-refractivity contribution in [3.8, 4) is 0 Å². The Labute approximate surface area is 159 Å². The summed E-state index contributed by atoms with van der Waals surface area (Å²) in [6, 6.07) is 8.98. The van der Waals surface area contributed by atoms with Crippen LogP contribution in [0.25, 0.3) is 0 Å². The van der Waals surface area contributed by atoms with E-state index in [0.29, 0.717) is 30.1 Å². The lowest BCUT2D eigenvalue weighted by Crippen LogP contribution is -2.23. The number of hydrogen-bond acceptors (Lipinski definition) is 5. The predicted octanol–water partition coefficient (Wildman–Crippen LogP) is 3.18. The maximum absolute atomic E-state index is 12.9. The van der Waals surface area contributed by atoms with Crippen molar-refractivity contribution in [1.82, 2.24) is 15.3 Å². The summed E-state index contributed by atoms with van der Waals surface area (Å²) in [6.45, 7) is 0.433. The molecule has 0 unspecified atom stereocenters. The van der Waals surface area contributed by atoms with Crippen molar-refractivity contribution in [3.63, 3.8) is 0 Å². The van der Waals surface area contributed by atoms with Crippen LogP contribution in [0.2, 0.25) is 0 Å². The molecule has 3 aromatic rings. The van der Waals surface area contributed by atoms with E-state index in [0.717, 1.165) is 11.3 Å². The summed E-state index contributed by atoms with van der Waals surface area (Å²) in [5.41, 5.74) is 2.01. The maximum atomic E-state index is 12.9. The highest BCUT2D eigenvalue weighted by Gasteiger charge is 2.10. The fourth-order valence-corrected chi connectivity index (χ4v) is 3.02. The van der Waals surface area contributed by atoms with E-state index in [9.17, 15) is 14.0 Å². The molecule has 0 aliphatic carbocycles. The van der Waals surface area contributed by atoms with Gasteiger partial charge in [-0.15, -0.1) is 11.3 Å². The molecule has 1 aromatic carbocycles. The molecule has 0 saturated carbocycles. The van der Waals surface area contributed by atoms with Gasteiger partial charge in [-0.05, 0) is 42.3 Å². The van der Waals surface area contributed by atoms with Crippen LogP contribution < -0.4 is 10.6 Å². The number of amides is 2. The van der Waals surface area contributed by atoms with Crippen LogP contribution in [-0.4, -0.2) is 21.8 Å². The number of carbonyl (C=O) groups is 2. The summed E-state index contributed by atoms with van der Waals surface area (Å²) in [7, 11) is 0. The second kappa shape index (κ2) is 9.00. The number of pyridine rings is 1. The highest BCUT2D eigenvalue weighted by molar-refractivity contribution is 7.14. The third-order valence-corrected chi connectivity index (χ3v) is 4.51. The smallest absolute Gasteiger partial charge is 0.257 e. The van der Waals surface area contributed by atoms with E-state index in [1.165, 1.54) is 35.6 Å². The summed E-state index contributed by atoms with van der Waals surface area (Å²) in [6.07, 6.45) is 4.16. The van der Waals surface area contributed by atoms with Crippen LogP contribution in [0.3, 0.4) is 0 Å². The Kier molecular flexibility index (Phi) is 6.22. The summed E-state index contributed by atoms with van der Waals surface area (Å²) in [4.78, 5) is 32.3. The molecule has 0 spiro atoms. The van der Waals surface area contributed by atoms with E-state index in [4.69, 9.17) is 0 Å². The number of hydrogen-bond donors (Lipinski definition) is 2. The topological polar surface area (TPSA) is 84.0 Å². The predicted molar refractivity (Wildman–Crippen MR) is 101 cm³/mol. The molecule has 3 rings (SSSR count). The SMILES string of the molecule is O=C(CCc1csc(NC(=O)c2ccc(F)cc2)n1)NCc1cccnc1. The average Bonchev–Trinajstić information content (AvgIpc) is 3.13. The number of anilines is 1. The fraction of sp³-hybridized carbons (Fsp3) is 0.158. The minimum atomic E-state index is -0.398. The minimum absolute atomic E-state index is 0.0799. The average molecular weight is 384 g/mol. The first-order chi connectivity index (χ1) is 13.1. The molecule has 0 bridgehead atoms. The molecule has 2 N–H and O–H groups in total. The van der Waals surface area contributed by atoms with E-state index >= 15 is 0 Å². The van der Waals surface area contributed by atoms with Crippen molar-refractivity contribution in [1.29, 1.82) is 0 Å². The minimum Gasteiger partial charge on any atom is -0.352 e. The maximum Gasteiger partial charge on any atom is 0.257 e. The lowest BCUT2D eigenvalue weighted by Gasteiger charge is -2.04. The van der Waals surface area contributed by atoms with Crippen LogP contribution in [-0.2, 0) is 17.8 Å². The van der Waals surface area contributed by atoms with Crippen molar-refractivity contribution in [2.45, 2.75) is 19.4 Å². The zero-order valence-corrected chi connectivity index (χ0v) is 15.1. The summed E-state index contributed by atoms with van der Waals surface area (Å²) in [5, 5.41) is 7.74. The number of rotatable bonds is 7. The van der Waals surface area contributed by atoms with Gasteiger partial charge in [-0.3, -0.25) is 19.9 Å². The Bertz CT molecular complexity index is 913. The van der Waals surface area contributed by atoms with Gasteiger partial charge in [0, 0.05) is 36.3 Å². The zero-order chi connectivity index (χ0) is 19.1. The number of carbonyl (C=O) groups excluding carboxylic acids is 2. The molecule has 138 valence electrons. The Morgan fingerprint density at radius 1 is 1.15 bits per heavy atom. The number of thiazole rings is 1. The van der Waals surface area contributed by atoms with Crippen molar-refractivity contribution >= 4 is 28.3 Å². The number of aromatic nitrogens is 2. The van der Waals surface area contributed by atoms with E-state index in [1.807, 2.05) is 12.1 Å². The van der Waals surface area contributed by atoms with Crippen LogP contribution in [0.5, 0.6) is 0 Å². The van der Waals surface area contributed by atoms with Crippen LogP contribution in [0.15, 0.2) is 54.2 Å². The van der Waals surface area contributed by atoms with E-state index < -0.39 is 5.82 Å². The van der Waals surface area contributed by atoms with Crippen LogP contribution in [0, 0.1) is 5.82 Å². The molecule has 0 saturated heterocycles. The Morgan fingerprint density at radius 3 is 2.70 bits per heavy atom. The molecule has 8 heteroatoms. The van der Waals surface area contributed by atoms with E-state index in [-0.39, 0.29) is 11.8 Å². The molecule has 6 nitrogen and oxygen atoms in total. The molecule has 27 heavy (non-hydrogen) atoms. The summed E-state index contributed by atoms with van der Waals surface area (Å²) < 4.78 is 12.9. The van der Waals surface area contributed by atoms with Gasteiger partial charge in [0.1, 0.15) is 5.82 Å². The molecule has 0 fully saturated rings. The fourth-order valence-electron chi connectivity index (χ4n) is 2.28.